The van der Waals surface area contributed by atoms with E-state index in [0.29, 0.717) is 22.3 Å². The lowest BCUT2D eigenvalue weighted by Gasteiger charge is -2.08. The lowest BCUT2D eigenvalue weighted by molar-refractivity contribution is -0.112. The Morgan fingerprint density at radius 2 is 1.80 bits per heavy atom. The number of carbonyl (C=O) groups is 1. The molecule has 124 valence electrons. The molecule has 0 spiro atoms. The van der Waals surface area contributed by atoms with Gasteiger partial charge < -0.3 is 4.90 Å². The maximum Gasteiger partial charge on any atom is 0.261 e. The standard InChI is InChI=1S/C20H17N3O2/c1-12-8-9-17-14(10-12)15(20(25)22(17)2)11-18-21-16-7-5-4-6-13(16)19(24)23(18)3/h4-11H,1-3H3. The van der Waals surface area contributed by atoms with Crippen LogP contribution in [0.25, 0.3) is 22.6 Å². The van der Waals surface area contributed by atoms with Gasteiger partial charge >= 0.3 is 0 Å². The molecule has 25 heavy (non-hydrogen) atoms. The summed E-state index contributed by atoms with van der Waals surface area (Å²) in [6.45, 7) is 1.99. The Kier molecular flexibility index (Phi) is 3.32. The molecule has 0 bridgehead atoms. The maximum atomic E-state index is 12.7. The second kappa shape index (κ2) is 5.41. The average molecular weight is 331 g/mol. The summed E-state index contributed by atoms with van der Waals surface area (Å²) in [4.78, 5) is 31.4. The lowest BCUT2D eigenvalue weighted by Crippen LogP contribution is -2.22. The zero-order chi connectivity index (χ0) is 17.7. The smallest absolute Gasteiger partial charge is 0.261 e. The molecule has 1 amide bonds. The van der Waals surface area contributed by atoms with E-state index in [2.05, 4.69) is 4.98 Å². The summed E-state index contributed by atoms with van der Waals surface area (Å²) in [6, 6.07) is 13.1. The lowest BCUT2D eigenvalue weighted by atomic mass is 10.0. The van der Waals surface area contributed by atoms with Gasteiger partial charge in [-0.1, -0.05) is 23.8 Å². The molecular weight excluding hydrogens is 314 g/mol. The fourth-order valence-corrected chi connectivity index (χ4v) is 3.20. The van der Waals surface area contributed by atoms with Crippen LogP contribution in [0.4, 0.5) is 5.69 Å². The molecule has 0 saturated carbocycles. The molecular formula is C20H17N3O2. The molecule has 4 rings (SSSR count). The van der Waals surface area contributed by atoms with E-state index in [1.54, 1.807) is 37.2 Å². The van der Waals surface area contributed by atoms with Crippen LogP contribution in [0.2, 0.25) is 0 Å². The van der Waals surface area contributed by atoms with E-state index in [4.69, 9.17) is 0 Å². The zero-order valence-corrected chi connectivity index (χ0v) is 14.3. The number of fused-ring (bicyclic) bond motifs is 2. The number of amides is 1. The second-order valence-corrected chi connectivity index (χ2v) is 6.29. The largest absolute Gasteiger partial charge is 0.311 e. The summed E-state index contributed by atoms with van der Waals surface area (Å²) in [5.41, 5.74) is 3.87. The van der Waals surface area contributed by atoms with Crippen molar-refractivity contribution in [1.29, 1.82) is 0 Å². The highest BCUT2D eigenvalue weighted by Crippen LogP contribution is 2.37. The predicted octanol–water partition coefficient (Wildman–Crippen LogP) is 2.76. The monoisotopic (exact) mass is 331 g/mol. The Balaban J connectivity index is 1.97. The quantitative estimate of drug-likeness (QED) is 0.644. The first kappa shape index (κ1) is 15.3. The minimum atomic E-state index is -0.124. The van der Waals surface area contributed by atoms with Crippen LogP contribution in [0.15, 0.2) is 47.3 Å². The average Bonchev–Trinajstić information content (AvgIpc) is 2.84. The van der Waals surface area contributed by atoms with E-state index in [0.717, 1.165) is 16.8 Å². The normalized spacial score (nSPS) is 15.2. The van der Waals surface area contributed by atoms with Gasteiger partial charge in [0.2, 0.25) is 0 Å². The van der Waals surface area contributed by atoms with Crippen LogP contribution in [-0.4, -0.2) is 22.5 Å². The zero-order valence-electron chi connectivity index (χ0n) is 14.3. The van der Waals surface area contributed by atoms with Gasteiger partial charge in [-0.25, -0.2) is 4.98 Å². The summed E-state index contributed by atoms with van der Waals surface area (Å²) in [5.74, 6) is 0.373. The van der Waals surface area contributed by atoms with Crippen LogP contribution in [-0.2, 0) is 11.8 Å². The number of anilines is 1. The highest BCUT2D eigenvalue weighted by atomic mass is 16.2. The number of likely N-dealkylation sites (N-methyl/N-ethyl adjacent to an activating group) is 1. The van der Waals surface area contributed by atoms with Crippen molar-refractivity contribution in [3.8, 4) is 0 Å². The van der Waals surface area contributed by atoms with Gasteiger partial charge in [0.1, 0.15) is 5.82 Å². The van der Waals surface area contributed by atoms with Crippen LogP contribution in [0.5, 0.6) is 0 Å². The molecule has 0 aliphatic carbocycles. The molecule has 5 heteroatoms. The molecule has 3 aromatic rings. The first-order chi connectivity index (χ1) is 12.0. The molecule has 0 fully saturated rings. The first-order valence-electron chi connectivity index (χ1n) is 8.04. The molecule has 1 aliphatic heterocycles. The van der Waals surface area contributed by atoms with Crippen LogP contribution in [0.1, 0.15) is 17.0 Å². The molecule has 0 N–H and O–H groups in total. The Hall–Kier alpha value is -3.21. The van der Waals surface area contributed by atoms with Gasteiger partial charge in [0.15, 0.2) is 0 Å². The van der Waals surface area contributed by atoms with Gasteiger partial charge in [-0.3, -0.25) is 14.2 Å². The van der Waals surface area contributed by atoms with Crippen molar-refractivity contribution in [2.75, 3.05) is 11.9 Å². The fourth-order valence-electron chi connectivity index (χ4n) is 3.20. The van der Waals surface area contributed by atoms with Gasteiger partial charge in [-0.15, -0.1) is 0 Å². The molecule has 2 aromatic carbocycles. The van der Waals surface area contributed by atoms with Crippen LogP contribution >= 0.6 is 0 Å². The number of rotatable bonds is 1. The maximum absolute atomic E-state index is 12.7. The molecule has 1 aliphatic rings. The third kappa shape index (κ3) is 2.28. The number of aryl methyl sites for hydroxylation is 1. The third-order valence-electron chi connectivity index (χ3n) is 4.63. The fraction of sp³-hybridized carbons (Fsp3) is 0.150. The number of hydrogen-bond acceptors (Lipinski definition) is 3. The molecule has 0 atom stereocenters. The van der Waals surface area contributed by atoms with Gasteiger partial charge in [0.25, 0.3) is 11.5 Å². The van der Waals surface area contributed by atoms with Gasteiger partial charge in [-0.05, 0) is 37.3 Å². The topological polar surface area (TPSA) is 55.2 Å². The van der Waals surface area contributed by atoms with Gasteiger partial charge in [0.05, 0.1) is 22.2 Å². The van der Waals surface area contributed by atoms with Gasteiger partial charge in [-0.2, -0.15) is 0 Å². The van der Waals surface area contributed by atoms with Crippen LogP contribution in [0.3, 0.4) is 0 Å². The van der Waals surface area contributed by atoms with E-state index in [1.807, 2.05) is 37.3 Å². The van der Waals surface area contributed by atoms with E-state index in [1.165, 1.54) is 4.57 Å². The Labute approximate surface area is 144 Å². The first-order valence-corrected chi connectivity index (χ1v) is 8.04. The minimum Gasteiger partial charge on any atom is -0.311 e. The van der Waals surface area contributed by atoms with Crippen molar-refractivity contribution >= 4 is 34.1 Å². The Morgan fingerprint density at radius 3 is 2.60 bits per heavy atom. The van der Waals surface area contributed by atoms with Crippen LogP contribution < -0.4 is 10.5 Å². The van der Waals surface area contributed by atoms with Crippen molar-refractivity contribution < 1.29 is 4.79 Å². The second-order valence-electron chi connectivity index (χ2n) is 6.29. The molecule has 0 unspecified atom stereocenters. The molecule has 1 aromatic heterocycles. The van der Waals surface area contributed by atoms with E-state index >= 15 is 0 Å². The Morgan fingerprint density at radius 1 is 1.04 bits per heavy atom. The van der Waals surface area contributed by atoms with Crippen molar-refractivity contribution in [2.24, 2.45) is 7.05 Å². The summed E-state index contributed by atoms with van der Waals surface area (Å²) in [5, 5.41) is 0.568. The number of carbonyl (C=O) groups excluding carboxylic acids is 1. The van der Waals surface area contributed by atoms with Crippen molar-refractivity contribution in [1.82, 2.24) is 9.55 Å². The number of aromatic nitrogens is 2. The van der Waals surface area contributed by atoms with Crippen molar-refractivity contribution in [3.63, 3.8) is 0 Å². The molecule has 2 heterocycles. The summed E-state index contributed by atoms with van der Waals surface area (Å²) in [7, 11) is 3.43. The molecule has 0 radical (unpaired) electrons. The number of hydrogen-bond donors (Lipinski definition) is 0. The number of benzene rings is 2. The number of para-hydroxylation sites is 1. The van der Waals surface area contributed by atoms with E-state index < -0.39 is 0 Å². The highest BCUT2D eigenvalue weighted by molar-refractivity contribution is 6.35. The van der Waals surface area contributed by atoms with Crippen molar-refractivity contribution in [3.05, 3.63) is 69.8 Å². The van der Waals surface area contributed by atoms with E-state index in [-0.39, 0.29) is 11.5 Å². The third-order valence-corrected chi connectivity index (χ3v) is 4.63. The number of nitrogens with zero attached hydrogens (tertiary/aromatic N) is 3. The SMILES string of the molecule is Cc1ccc2c(c1)C(=Cc1nc3ccccc3c(=O)n1C)C(=O)N2C. The molecule has 5 nitrogen and oxygen atoms in total. The summed E-state index contributed by atoms with van der Waals surface area (Å²) >= 11 is 0. The molecule has 0 saturated heterocycles. The van der Waals surface area contributed by atoms with E-state index in [9.17, 15) is 9.59 Å². The van der Waals surface area contributed by atoms with Crippen LogP contribution in [0, 0.1) is 6.92 Å². The minimum absolute atomic E-state index is 0.0944. The summed E-state index contributed by atoms with van der Waals surface area (Å²) in [6.07, 6.45) is 1.71. The Bertz CT molecular complexity index is 1130. The summed E-state index contributed by atoms with van der Waals surface area (Å²) < 4.78 is 1.48. The van der Waals surface area contributed by atoms with Crippen molar-refractivity contribution in [2.45, 2.75) is 6.92 Å². The predicted molar refractivity (Wildman–Crippen MR) is 99.4 cm³/mol. The highest BCUT2D eigenvalue weighted by Gasteiger charge is 2.30. The van der Waals surface area contributed by atoms with Gasteiger partial charge in [0, 0.05) is 19.7 Å².